The van der Waals surface area contributed by atoms with Gasteiger partial charge in [0.2, 0.25) is 0 Å². The number of nitrogens with two attached hydrogens (primary N) is 1. The standard InChI is InChI=1S/C8H15N3O/c1-12-6-2-4-11-5-3-10-8(11)7-9/h3,5H,2,4,6-7,9H2,1H3. The monoisotopic (exact) mass is 169 g/mol. The van der Waals surface area contributed by atoms with Gasteiger partial charge in [-0.05, 0) is 6.42 Å². The van der Waals surface area contributed by atoms with Crippen molar-refractivity contribution in [3.05, 3.63) is 18.2 Å². The lowest BCUT2D eigenvalue weighted by Crippen LogP contribution is -2.09. The highest BCUT2D eigenvalue weighted by Gasteiger charge is 1.98. The summed E-state index contributed by atoms with van der Waals surface area (Å²) in [6, 6.07) is 0. The van der Waals surface area contributed by atoms with Crippen molar-refractivity contribution in [1.29, 1.82) is 0 Å². The summed E-state index contributed by atoms with van der Waals surface area (Å²) >= 11 is 0. The number of hydrogen-bond acceptors (Lipinski definition) is 3. The van der Waals surface area contributed by atoms with Gasteiger partial charge in [0.05, 0.1) is 6.54 Å². The molecule has 0 saturated carbocycles. The molecule has 0 saturated heterocycles. The van der Waals surface area contributed by atoms with Gasteiger partial charge in [0.1, 0.15) is 5.82 Å². The molecule has 0 aliphatic heterocycles. The molecule has 0 aliphatic carbocycles. The van der Waals surface area contributed by atoms with Crippen LogP contribution >= 0.6 is 0 Å². The Labute approximate surface area is 72.3 Å². The van der Waals surface area contributed by atoms with Crippen molar-refractivity contribution >= 4 is 0 Å². The Balaban J connectivity index is 2.39. The Morgan fingerprint density at radius 3 is 3.17 bits per heavy atom. The fourth-order valence-corrected chi connectivity index (χ4v) is 1.11. The van der Waals surface area contributed by atoms with Crippen molar-refractivity contribution in [2.45, 2.75) is 19.5 Å². The molecule has 0 fully saturated rings. The zero-order valence-corrected chi connectivity index (χ0v) is 7.36. The molecular weight excluding hydrogens is 154 g/mol. The molecule has 68 valence electrons. The molecule has 0 radical (unpaired) electrons. The maximum Gasteiger partial charge on any atom is 0.122 e. The average molecular weight is 169 g/mol. The van der Waals surface area contributed by atoms with E-state index in [4.69, 9.17) is 10.5 Å². The summed E-state index contributed by atoms with van der Waals surface area (Å²) in [5.74, 6) is 0.936. The second-order valence-electron chi connectivity index (χ2n) is 2.59. The number of hydrogen-bond donors (Lipinski definition) is 1. The van der Waals surface area contributed by atoms with E-state index in [1.54, 1.807) is 13.3 Å². The summed E-state index contributed by atoms with van der Waals surface area (Å²) < 4.78 is 7.00. The van der Waals surface area contributed by atoms with Crippen molar-refractivity contribution in [3.63, 3.8) is 0 Å². The maximum absolute atomic E-state index is 5.48. The summed E-state index contributed by atoms with van der Waals surface area (Å²) in [5.41, 5.74) is 5.48. The summed E-state index contributed by atoms with van der Waals surface area (Å²) in [7, 11) is 1.71. The average Bonchev–Trinajstić information content (AvgIpc) is 2.52. The number of imidazole rings is 1. The molecule has 1 aromatic heterocycles. The van der Waals surface area contributed by atoms with Crippen LogP contribution in [-0.4, -0.2) is 23.3 Å². The highest BCUT2D eigenvalue weighted by atomic mass is 16.5. The topological polar surface area (TPSA) is 53.1 Å². The molecule has 0 aliphatic rings. The summed E-state index contributed by atoms with van der Waals surface area (Å²) in [4.78, 5) is 4.11. The number of aromatic nitrogens is 2. The number of ether oxygens (including phenoxy) is 1. The fraction of sp³-hybridized carbons (Fsp3) is 0.625. The van der Waals surface area contributed by atoms with Gasteiger partial charge in [-0.25, -0.2) is 4.98 Å². The smallest absolute Gasteiger partial charge is 0.122 e. The van der Waals surface area contributed by atoms with E-state index in [9.17, 15) is 0 Å². The quantitative estimate of drug-likeness (QED) is 0.648. The fourth-order valence-electron chi connectivity index (χ4n) is 1.11. The molecular formula is C8H15N3O. The maximum atomic E-state index is 5.48. The van der Waals surface area contributed by atoms with Crippen LogP contribution in [0.25, 0.3) is 0 Å². The Kier molecular flexibility index (Phi) is 3.76. The normalized spacial score (nSPS) is 10.5. The lowest BCUT2D eigenvalue weighted by atomic mass is 10.4. The predicted octanol–water partition coefficient (Wildman–Crippen LogP) is 0.378. The predicted molar refractivity (Wildman–Crippen MR) is 46.6 cm³/mol. The van der Waals surface area contributed by atoms with Gasteiger partial charge >= 0.3 is 0 Å². The molecule has 4 nitrogen and oxygen atoms in total. The van der Waals surface area contributed by atoms with Crippen LogP contribution in [0.2, 0.25) is 0 Å². The largest absolute Gasteiger partial charge is 0.385 e. The van der Waals surface area contributed by atoms with Gasteiger partial charge in [-0.1, -0.05) is 0 Å². The first-order valence-corrected chi connectivity index (χ1v) is 4.07. The van der Waals surface area contributed by atoms with Crippen LogP contribution < -0.4 is 5.73 Å². The van der Waals surface area contributed by atoms with Gasteiger partial charge < -0.3 is 15.0 Å². The van der Waals surface area contributed by atoms with Gasteiger partial charge in [-0.15, -0.1) is 0 Å². The van der Waals surface area contributed by atoms with Gasteiger partial charge in [-0.3, -0.25) is 0 Å². The van der Waals surface area contributed by atoms with E-state index in [-0.39, 0.29) is 0 Å². The van der Waals surface area contributed by atoms with Gasteiger partial charge in [0.15, 0.2) is 0 Å². The molecule has 0 bridgehead atoms. The van der Waals surface area contributed by atoms with Gasteiger partial charge in [-0.2, -0.15) is 0 Å². The molecule has 0 amide bonds. The molecule has 1 heterocycles. The minimum atomic E-state index is 0.500. The van der Waals surface area contributed by atoms with Gasteiger partial charge in [0.25, 0.3) is 0 Å². The first-order valence-electron chi connectivity index (χ1n) is 4.07. The Morgan fingerprint density at radius 1 is 1.67 bits per heavy atom. The van der Waals surface area contributed by atoms with Crippen LogP contribution in [0.5, 0.6) is 0 Å². The minimum absolute atomic E-state index is 0.500. The molecule has 4 heteroatoms. The lowest BCUT2D eigenvalue weighted by molar-refractivity contribution is 0.190. The lowest BCUT2D eigenvalue weighted by Gasteiger charge is -2.04. The second kappa shape index (κ2) is 4.90. The number of aryl methyl sites for hydroxylation is 1. The van der Waals surface area contributed by atoms with Crippen LogP contribution in [0.3, 0.4) is 0 Å². The Bertz CT molecular complexity index is 222. The summed E-state index contributed by atoms with van der Waals surface area (Å²) in [6.45, 7) is 2.21. The van der Waals surface area contributed by atoms with Crippen molar-refractivity contribution in [2.75, 3.05) is 13.7 Å². The molecule has 2 N–H and O–H groups in total. The van der Waals surface area contributed by atoms with Crippen LogP contribution in [0.1, 0.15) is 12.2 Å². The number of rotatable bonds is 5. The summed E-state index contributed by atoms with van der Waals surface area (Å²) in [5, 5.41) is 0. The molecule has 1 aromatic rings. The Morgan fingerprint density at radius 2 is 2.50 bits per heavy atom. The summed E-state index contributed by atoms with van der Waals surface area (Å²) in [6.07, 6.45) is 4.71. The van der Waals surface area contributed by atoms with E-state index >= 15 is 0 Å². The number of methoxy groups -OCH3 is 1. The van der Waals surface area contributed by atoms with Crippen molar-refractivity contribution in [3.8, 4) is 0 Å². The van der Waals surface area contributed by atoms with E-state index < -0.39 is 0 Å². The van der Waals surface area contributed by atoms with Gasteiger partial charge in [0, 0.05) is 32.7 Å². The van der Waals surface area contributed by atoms with Crippen molar-refractivity contribution in [2.24, 2.45) is 5.73 Å². The molecule has 0 spiro atoms. The van der Waals surface area contributed by atoms with E-state index in [0.29, 0.717) is 6.54 Å². The SMILES string of the molecule is COCCCn1ccnc1CN. The number of nitrogens with zero attached hydrogens (tertiary/aromatic N) is 2. The zero-order chi connectivity index (χ0) is 8.81. The van der Waals surface area contributed by atoms with Crippen molar-refractivity contribution in [1.82, 2.24) is 9.55 Å². The third-order valence-electron chi connectivity index (χ3n) is 1.73. The molecule has 0 unspecified atom stereocenters. The van der Waals surface area contributed by atoms with E-state index in [1.807, 2.05) is 6.20 Å². The van der Waals surface area contributed by atoms with E-state index in [2.05, 4.69) is 9.55 Å². The molecule has 12 heavy (non-hydrogen) atoms. The molecule has 0 atom stereocenters. The zero-order valence-electron chi connectivity index (χ0n) is 7.36. The van der Waals surface area contributed by atoms with E-state index in [1.165, 1.54) is 0 Å². The van der Waals surface area contributed by atoms with Crippen LogP contribution in [0.15, 0.2) is 12.4 Å². The third kappa shape index (κ3) is 2.32. The highest BCUT2D eigenvalue weighted by molar-refractivity contribution is 4.90. The van der Waals surface area contributed by atoms with Crippen LogP contribution in [0.4, 0.5) is 0 Å². The van der Waals surface area contributed by atoms with Crippen LogP contribution in [-0.2, 0) is 17.8 Å². The third-order valence-corrected chi connectivity index (χ3v) is 1.73. The van der Waals surface area contributed by atoms with Crippen LogP contribution in [0, 0.1) is 0 Å². The highest BCUT2D eigenvalue weighted by Crippen LogP contribution is 1.97. The second-order valence-corrected chi connectivity index (χ2v) is 2.59. The van der Waals surface area contributed by atoms with Crippen molar-refractivity contribution < 1.29 is 4.74 Å². The molecule has 1 rings (SSSR count). The first kappa shape index (κ1) is 9.22. The first-order chi connectivity index (χ1) is 5.88. The van der Waals surface area contributed by atoms with E-state index in [0.717, 1.165) is 25.4 Å². The molecule has 0 aromatic carbocycles. The Hall–Kier alpha value is -0.870. The minimum Gasteiger partial charge on any atom is -0.385 e.